The lowest BCUT2D eigenvalue weighted by Gasteiger charge is -2.27. The minimum absolute atomic E-state index is 0.0325. The van der Waals surface area contributed by atoms with E-state index in [4.69, 9.17) is 9.47 Å². The Morgan fingerprint density at radius 2 is 2.00 bits per heavy atom. The van der Waals surface area contributed by atoms with E-state index >= 15 is 0 Å². The van der Waals surface area contributed by atoms with E-state index in [1.807, 2.05) is 0 Å². The summed E-state index contributed by atoms with van der Waals surface area (Å²) in [5.74, 6) is -1.21. The molecule has 1 aliphatic heterocycles. The highest BCUT2D eigenvalue weighted by atomic mass is 16.5. The summed E-state index contributed by atoms with van der Waals surface area (Å²) in [4.78, 5) is 26.2. The summed E-state index contributed by atoms with van der Waals surface area (Å²) >= 11 is 0. The van der Waals surface area contributed by atoms with Gasteiger partial charge >= 0.3 is 0 Å². The van der Waals surface area contributed by atoms with E-state index in [-0.39, 0.29) is 42.4 Å². The lowest BCUT2D eigenvalue weighted by Crippen LogP contribution is -2.33. The molecule has 0 radical (unpaired) electrons. The number of Topliss-reactive ketones (excluding diaryl/α,β-unsaturated/α-hetero) is 1. The van der Waals surface area contributed by atoms with E-state index in [9.17, 15) is 19.8 Å². The van der Waals surface area contributed by atoms with Gasteiger partial charge in [0, 0.05) is 20.1 Å². The number of methoxy groups -OCH3 is 1. The molecular weight excluding hydrogens is 326 g/mol. The molecule has 2 N–H and O–H groups in total. The number of phenols is 1. The summed E-state index contributed by atoms with van der Waals surface area (Å²) in [5.41, 5.74) is 0.642. The maximum atomic E-state index is 12.4. The van der Waals surface area contributed by atoms with Crippen molar-refractivity contribution in [3.63, 3.8) is 0 Å². The molecule has 1 aliphatic rings. The fourth-order valence-electron chi connectivity index (χ4n) is 2.87. The number of aliphatic hydroxyl groups excluding tert-OH is 1. The second-order valence-electron chi connectivity index (χ2n) is 5.59. The van der Waals surface area contributed by atoms with Gasteiger partial charge in [-0.1, -0.05) is 13.0 Å². The smallest absolute Gasteiger partial charge is 0.290 e. The van der Waals surface area contributed by atoms with E-state index in [0.717, 1.165) is 0 Å². The standard InChI is InChI=1S/C18H23NO6/c1-4-12(20)15-16(19(8-9-24-3)18(23)17(15)22)11-6-7-13(21)14(10-11)25-5-2/h6-7,10,16,21-22H,4-5,8-9H2,1-3H3. The third-order valence-corrected chi connectivity index (χ3v) is 4.06. The van der Waals surface area contributed by atoms with Gasteiger partial charge in [0.2, 0.25) is 0 Å². The van der Waals surface area contributed by atoms with Gasteiger partial charge in [0.05, 0.1) is 24.8 Å². The Morgan fingerprint density at radius 1 is 1.28 bits per heavy atom. The second-order valence-corrected chi connectivity index (χ2v) is 5.59. The lowest BCUT2D eigenvalue weighted by atomic mass is 9.95. The van der Waals surface area contributed by atoms with Crippen LogP contribution in [0.25, 0.3) is 0 Å². The summed E-state index contributed by atoms with van der Waals surface area (Å²) < 4.78 is 10.4. The van der Waals surface area contributed by atoms with Crippen molar-refractivity contribution in [2.75, 3.05) is 26.9 Å². The number of rotatable bonds is 8. The van der Waals surface area contributed by atoms with E-state index in [1.54, 1.807) is 26.0 Å². The quantitative estimate of drug-likeness (QED) is 0.746. The molecule has 25 heavy (non-hydrogen) atoms. The van der Waals surface area contributed by atoms with Crippen molar-refractivity contribution in [3.05, 3.63) is 35.1 Å². The van der Waals surface area contributed by atoms with Crippen LogP contribution >= 0.6 is 0 Å². The van der Waals surface area contributed by atoms with Crippen LogP contribution in [-0.2, 0) is 14.3 Å². The van der Waals surface area contributed by atoms with Crippen molar-refractivity contribution in [1.29, 1.82) is 0 Å². The first-order valence-electron chi connectivity index (χ1n) is 8.18. The molecule has 1 amide bonds. The Morgan fingerprint density at radius 3 is 2.60 bits per heavy atom. The summed E-state index contributed by atoms with van der Waals surface area (Å²) in [6, 6.07) is 3.90. The Bertz CT molecular complexity index is 697. The summed E-state index contributed by atoms with van der Waals surface area (Å²) in [6.45, 7) is 4.29. The average Bonchev–Trinajstić information content (AvgIpc) is 2.86. The number of ketones is 1. The maximum Gasteiger partial charge on any atom is 0.290 e. The number of aliphatic hydroxyl groups is 1. The second kappa shape index (κ2) is 8.02. The molecule has 1 aromatic carbocycles. The van der Waals surface area contributed by atoms with Crippen molar-refractivity contribution in [2.45, 2.75) is 26.3 Å². The fourth-order valence-corrected chi connectivity index (χ4v) is 2.87. The Kier molecular flexibility index (Phi) is 6.03. The fraction of sp³-hybridized carbons (Fsp3) is 0.444. The summed E-state index contributed by atoms with van der Waals surface area (Å²) in [6.07, 6.45) is 0.164. The average molecular weight is 349 g/mol. The molecule has 0 bridgehead atoms. The van der Waals surface area contributed by atoms with Crippen molar-refractivity contribution in [3.8, 4) is 11.5 Å². The van der Waals surface area contributed by atoms with Crippen LogP contribution in [0.3, 0.4) is 0 Å². The number of carbonyl (C=O) groups is 2. The minimum Gasteiger partial charge on any atom is -0.504 e. The van der Waals surface area contributed by atoms with Gasteiger partial charge in [-0.3, -0.25) is 9.59 Å². The van der Waals surface area contributed by atoms with E-state index in [1.165, 1.54) is 18.1 Å². The third kappa shape index (κ3) is 3.61. The molecule has 0 aliphatic carbocycles. The van der Waals surface area contributed by atoms with Gasteiger partial charge in [0.1, 0.15) is 0 Å². The van der Waals surface area contributed by atoms with Gasteiger partial charge in [-0.2, -0.15) is 0 Å². The largest absolute Gasteiger partial charge is 0.504 e. The van der Waals surface area contributed by atoms with Gasteiger partial charge in [-0.25, -0.2) is 0 Å². The van der Waals surface area contributed by atoms with Crippen LogP contribution in [0, 0.1) is 0 Å². The minimum atomic E-state index is -0.741. The molecule has 0 saturated heterocycles. The molecule has 7 heteroatoms. The molecule has 1 heterocycles. The topological polar surface area (TPSA) is 96.3 Å². The zero-order chi connectivity index (χ0) is 18.6. The van der Waals surface area contributed by atoms with Crippen molar-refractivity contribution < 1.29 is 29.3 Å². The maximum absolute atomic E-state index is 12.4. The number of hydrogen-bond donors (Lipinski definition) is 2. The van der Waals surface area contributed by atoms with Gasteiger partial charge in [-0.05, 0) is 24.6 Å². The molecule has 1 atom stereocenters. The lowest BCUT2D eigenvalue weighted by molar-refractivity contribution is -0.130. The summed E-state index contributed by atoms with van der Waals surface area (Å²) in [7, 11) is 1.51. The molecule has 7 nitrogen and oxygen atoms in total. The van der Waals surface area contributed by atoms with E-state index in [0.29, 0.717) is 12.2 Å². The Balaban J connectivity index is 2.52. The van der Waals surface area contributed by atoms with Gasteiger partial charge in [0.25, 0.3) is 5.91 Å². The highest BCUT2D eigenvalue weighted by Gasteiger charge is 2.42. The monoisotopic (exact) mass is 349 g/mol. The molecular formula is C18H23NO6. The molecule has 0 fully saturated rings. The van der Waals surface area contributed by atoms with Crippen LogP contribution in [0.4, 0.5) is 0 Å². The van der Waals surface area contributed by atoms with Crippen LogP contribution in [0.5, 0.6) is 11.5 Å². The highest BCUT2D eigenvalue weighted by molar-refractivity contribution is 6.08. The zero-order valence-corrected chi connectivity index (χ0v) is 14.6. The number of hydrogen-bond acceptors (Lipinski definition) is 6. The predicted octanol–water partition coefficient (Wildman–Crippen LogP) is 2.11. The number of phenolic OH excluding ortho intramolecular Hbond substituents is 1. The molecule has 136 valence electrons. The first kappa shape index (κ1) is 18.8. The van der Waals surface area contributed by atoms with Crippen molar-refractivity contribution in [2.24, 2.45) is 0 Å². The number of nitrogens with zero attached hydrogens (tertiary/aromatic N) is 1. The number of aromatic hydroxyl groups is 1. The predicted molar refractivity (Wildman–Crippen MR) is 90.6 cm³/mol. The first-order chi connectivity index (χ1) is 12.0. The van der Waals surface area contributed by atoms with Gasteiger partial charge in [0.15, 0.2) is 23.0 Å². The van der Waals surface area contributed by atoms with Crippen molar-refractivity contribution in [1.82, 2.24) is 4.90 Å². The molecule has 2 rings (SSSR count). The van der Waals surface area contributed by atoms with Crippen LogP contribution in [-0.4, -0.2) is 53.7 Å². The third-order valence-electron chi connectivity index (χ3n) is 4.06. The van der Waals surface area contributed by atoms with Crippen LogP contribution in [0.15, 0.2) is 29.5 Å². The number of ether oxygens (including phenoxy) is 2. The van der Waals surface area contributed by atoms with Gasteiger partial charge in [-0.15, -0.1) is 0 Å². The Hall–Kier alpha value is -2.54. The SMILES string of the molecule is CCOc1cc(C2C(C(=O)CC)=C(O)C(=O)N2CCOC)ccc1O. The molecule has 1 aromatic rings. The van der Waals surface area contributed by atoms with Crippen LogP contribution in [0.2, 0.25) is 0 Å². The normalized spacial score (nSPS) is 17.3. The molecule has 0 aromatic heterocycles. The van der Waals surface area contributed by atoms with Crippen molar-refractivity contribution >= 4 is 11.7 Å². The van der Waals surface area contributed by atoms with E-state index in [2.05, 4.69) is 0 Å². The molecule has 0 spiro atoms. The summed E-state index contributed by atoms with van der Waals surface area (Å²) in [5, 5.41) is 20.1. The number of amides is 1. The first-order valence-corrected chi connectivity index (χ1v) is 8.18. The van der Waals surface area contributed by atoms with Crippen LogP contribution < -0.4 is 4.74 Å². The highest BCUT2D eigenvalue weighted by Crippen LogP contribution is 2.40. The Labute approximate surface area is 146 Å². The number of benzene rings is 1. The van der Waals surface area contributed by atoms with Crippen LogP contribution in [0.1, 0.15) is 31.9 Å². The molecule has 0 saturated carbocycles. The van der Waals surface area contributed by atoms with E-state index < -0.39 is 17.7 Å². The number of carbonyl (C=O) groups excluding carboxylic acids is 2. The van der Waals surface area contributed by atoms with Gasteiger partial charge < -0.3 is 24.6 Å². The molecule has 1 unspecified atom stereocenters. The zero-order valence-electron chi connectivity index (χ0n) is 14.6.